The summed E-state index contributed by atoms with van der Waals surface area (Å²) in [6.07, 6.45) is 0. The number of anilines is 1. The molecule has 0 amide bonds. The van der Waals surface area contributed by atoms with Gasteiger partial charge in [-0.1, -0.05) is 0 Å². The summed E-state index contributed by atoms with van der Waals surface area (Å²) in [5.41, 5.74) is 4.60. The van der Waals surface area contributed by atoms with Gasteiger partial charge in [0.05, 0.1) is 18.1 Å². The van der Waals surface area contributed by atoms with Gasteiger partial charge in [0.15, 0.2) is 0 Å². The first-order valence-electron chi connectivity index (χ1n) is 5.58. The number of benzene rings is 1. The van der Waals surface area contributed by atoms with E-state index in [2.05, 4.69) is 4.74 Å². The molecule has 0 atom stereocenters. The molecule has 0 aliphatic carbocycles. The minimum absolute atomic E-state index is 0.0131. The quantitative estimate of drug-likeness (QED) is 0.665. The lowest BCUT2D eigenvalue weighted by atomic mass is 9.95. The first-order valence-corrected chi connectivity index (χ1v) is 5.58. The third-order valence-corrected chi connectivity index (χ3v) is 2.54. The zero-order valence-corrected chi connectivity index (χ0v) is 11.0. The Morgan fingerprint density at radius 1 is 1.37 bits per heavy atom. The molecule has 104 valence electrons. The molecule has 0 aliphatic rings. The van der Waals surface area contributed by atoms with Gasteiger partial charge in [0.25, 0.3) is 0 Å². The summed E-state index contributed by atoms with van der Waals surface area (Å²) in [5, 5.41) is 0. The van der Waals surface area contributed by atoms with Crippen LogP contribution in [-0.2, 0) is 14.3 Å². The van der Waals surface area contributed by atoms with E-state index >= 15 is 0 Å². The van der Waals surface area contributed by atoms with Crippen molar-refractivity contribution in [1.29, 1.82) is 0 Å². The first kappa shape index (κ1) is 14.9. The predicted molar refractivity (Wildman–Crippen MR) is 66.9 cm³/mol. The highest BCUT2D eigenvalue weighted by Gasteiger charge is 2.31. The van der Waals surface area contributed by atoms with E-state index in [9.17, 15) is 14.0 Å². The highest BCUT2D eigenvalue weighted by atomic mass is 19.1. The van der Waals surface area contributed by atoms with Gasteiger partial charge < -0.3 is 15.2 Å². The molecular weight excluding hydrogens is 253 g/mol. The fraction of sp³-hybridized carbons (Fsp3) is 0.385. The molecule has 19 heavy (non-hydrogen) atoms. The first-order chi connectivity index (χ1) is 8.77. The van der Waals surface area contributed by atoms with Crippen molar-refractivity contribution < 1.29 is 23.5 Å². The molecule has 6 heteroatoms. The molecule has 5 nitrogen and oxygen atoms in total. The average Bonchev–Trinajstić information content (AvgIpc) is 2.35. The molecule has 0 fully saturated rings. The number of nitrogens with two attached hydrogens (primary N) is 1. The van der Waals surface area contributed by atoms with Crippen LogP contribution in [0.2, 0.25) is 0 Å². The maximum atomic E-state index is 12.8. The normalized spacial score (nSPS) is 10.9. The molecule has 1 rings (SSSR count). The number of hydrogen-bond acceptors (Lipinski definition) is 5. The lowest BCUT2D eigenvalue weighted by Crippen LogP contribution is -2.32. The third-order valence-electron chi connectivity index (χ3n) is 2.54. The highest BCUT2D eigenvalue weighted by Crippen LogP contribution is 2.20. The molecular formula is C13H16FNO4. The molecule has 0 aromatic heterocycles. The van der Waals surface area contributed by atoms with E-state index in [-0.39, 0.29) is 17.9 Å². The van der Waals surface area contributed by atoms with Crippen LogP contribution in [0.25, 0.3) is 0 Å². The number of hydrogen-bond donors (Lipinski definition) is 1. The van der Waals surface area contributed by atoms with Gasteiger partial charge in [-0.05, 0) is 32.0 Å². The zero-order chi connectivity index (χ0) is 14.6. The molecule has 0 bridgehead atoms. The molecule has 0 heterocycles. The van der Waals surface area contributed by atoms with E-state index in [0.29, 0.717) is 0 Å². The summed E-state index contributed by atoms with van der Waals surface area (Å²) in [6, 6.07) is 3.37. The van der Waals surface area contributed by atoms with Crippen LogP contribution < -0.4 is 5.73 Å². The van der Waals surface area contributed by atoms with Crippen LogP contribution >= 0.6 is 0 Å². The molecule has 2 N–H and O–H groups in total. The Hall–Kier alpha value is -2.11. The minimum atomic E-state index is -0.959. The number of nitrogen functional groups attached to an aromatic ring is 1. The Labute approximate surface area is 110 Å². The van der Waals surface area contributed by atoms with Crippen molar-refractivity contribution in [2.24, 2.45) is 5.41 Å². The Bertz CT molecular complexity index is 499. The van der Waals surface area contributed by atoms with E-state index in [1.54, 1.807) is 13.8 Å². The highest BCUT2D eigenvalue weighted by molar-refractivity contribution is 5.95. The number of carbonyl (C=O) groups is 2. The second-order valence-corrected chi connectivity index (χ2v) is 4.68. The minimum Gasteiger partial charge on any atom is -0.469 e. The van der Waals surface area contributed by atoms with Crippen LogP contribution in [0.3, 0.4) is 0 Å². The van der Waals surface area contributed by atoms with Gasteiger partial charge in [0.1, 0.15) is 12.4 Å². The summed E-state index contributed by atoms with van der Waals surface area (Å²) >= 11 is 0. The maximum absolute atomic E-state index is 12.8. The summed E-state index contributed by atoms with van der Waals surface area (Å²) in [7, 11) is 1.25. The topological polar surface area (TPSA) is 78.6 Å². The van der Waals surface area contributed by atoms with Gasteiger partial charge in [0, 0.05) is 5.69 Å². The van der Waals surface area contributed by atoms with Gasteiger partial charge in [0.2, 0.25) is 0 Å². The second-order valence-electron chi connectivity index (χ2n) is 4.68. The van der Waals surface area contributed by atoms with E-state index in [1.165, 1.54) is 13.2 Å². The SMILES string of the molecule is COC(=O)C(C)(C)COC(=O)c1ccc(F)cc1N. The number of rotatable bonds is 4. The Morgan fingerprint density at radius 3 is 2.53 bits per heavy atom. The number of carbonyl (C=O) groups excluding carboxylic acids is 2. The Balaban J connectivity index is 2.73. The number of methoxy groups -OCH3 is 1. The van der Waals surface area contributed by atoms with E-state index in [4.69, 9.17) is 10.5 Å². The van der Waals surface area contributed by atoms with Crippen molar-refractivity contribution in [3.8, 4) is 0 Å². The molecule has 0 spiro atoms. The standard InChI is InChI=1S/C13H16FNO4/c1-13(2,12(17)18-3)7-19-11(16)9-5-4-8(14)6-10(9)15/h4-6H,7,15H2,1-3H3. The Morgan fingerprint density at radius 2 is 2.00 bits per heavy atom. The summed E-state index contributed by atoms with van der Waals surface area (Å²) < 4.78 is 22.4. The van der Waals surface area contributed by atoms with Crippen molar-refractivity contribution in [3.63, 3.8) is 0 Å². The van der Waals surface area contributed by atoms with Crippen LogP contribution in [0.4, 0.5) is 10.1 Å². The number of ether oxygens (including phenoxy) is 2. The fourth-order valence-corrected chi connectivity index (χ4v) is 1.38. The zero-order valence-electron chi connectivity index (χ0n) is 11.0. The number of esters is 2. The van der Waals surface area contributed by atoms with Crippen LogP contribution in [0.5, 0.6) is 0 Å². The summed E-state index contributed by atoms with van der Waals surface area (Å²) in [4.78, 5) is 23.2. The lowest BCUT2D eigenvalue weighted by molar-refractivity contribution is -0.152. The summed E-state index contributed by atoms with van der Waals surface area (Å²) in [6.45, 7) is 3.01. The van der Waals surface area contributed by atoms with Crippen molar-refractivity contribution >= 4 is 17.6 Å². The monoisotopic (exact) mass is 269 g/mol. The Kier molecular flexibility index (Phi) is 4.47. The van der Waals surface area contributed by atoms with E-state index < -0.39 is 23.2 Å². The van der Waals surface area contributed by atoms with Crippen LogP contribution in [0.15, 0.2) is 18.2 Å². The number of halogens is 1. The molecule has 1 aromatic rings. The molecule has 0 radical (unpaired) electrons. The fourth-order valence-electron chi connectivity index (χ4n) is 1.38. The summed E-state index contributed by atoms with van der Waals surface area (Å²) in [5.74, 6) is -1.74. The third kappa shape index (κ3) is 3.67. The molecule has 0 unspecified atom stereocenters. The smallest absolute Gasteiger partial charge is 0.340 e. The van der Waals surface area contributed by atoms with Crippen LogP contribution in [0, 0.1) is 11.2 Å². The van der Waals surface area contributed by atoms with Crippen LogP contribution in [0.1, 0.15) is 24.2 Å². The van der Waals surface area contributed by atoms with Crippen molar-refractivity contribution in [2.45, 2.75) is 13.8 Å². The second kappa shape index (κ2) is 5.69. The van der Waals surface area contributed by atoms with Gasteiger partial charge >= 0.3 is 11.9 Å². The van der Waals surface area contributed by atoms with Gasteiger partial charge in [-0.3, -0.25) is 4.79 Å². The largest absolute Gasteiger partial charge is 0.469 e. The average molecular weight is 269 g/mol. The van der Waals surface area contributed by atoms with Gasteiger partial charge in [-0.2, -0.15) is 0 Å². The molecule has 1 aromatic carbocycles. The van der Waals surface area contributed by atoms with Crippen molar-refractivity contribution in [1.82, 2.24) is 0 Å². The maximum Gasteiger partial charge on any atom is 0.340 e. The van der Waals surface area contributed by atoms with E-state index in [1.807, 2.05) is 0 Å². The lowest BCUT2D eigenvalue weighted by Gasteiger charge is -2.21. The van der Waals surface area contributed by atoms with Crippen LogP contribution in [-0.4, -0.2) is 25.7 Å². The van der Waals surface area contributed by atoms with Crippen molar-refractivity contribution in [2.75, 3.05) is 19.5 Å². The molecule has 0 saturated heterocycles. The van der Waals surface area contributed by atoms with Gasteiger partial charge in [-0.25, -0.2) is 9.18 Å². The van der Waals surface area contributed by atoms with Gasteiger partial charge in [-0.15, -0.1) is 0 Å². The molecule has 0 saturated carbocycles. The predicted octanol–water partition coefficient (Wildman–Crippen LogP) is 1.76. The van der Waals surface area contributed by atoms with Crippen molar-refractivity contribution in [3.05, 3.63) is 29.6 Å². The van der Waals surface area contributed by atoms with E-state index in [0.717, 1.165) is 12.1 Å². The molecule has 0 aliphatic heterocycles.